The lowest BCUT2D eigenvalue weighted by Crippen LogP contribution is -2.41. The highest BCUT2D eigenvalue weighted by Crippen LogP contribution is 2.43. The number of hydrogen-bond acceptors (Lipinski definition) is 5. The van der Waals surface area contributed by atoms with Gasteiger partial charge in [-0.2, -0.15) is 0 Å². The number of rotatable bonds is 10. The summed E-state index contributed by atoms with van der Waals surface area (Å²) >= 11 is 0. The maximum atomic E-state index is 5.16. The molecule has 39 heavy (non-hydrogen) atoms. The molecule has 212 valence electrons. The number of nitrogens with one attached hydrogen (secondary N) is 2. The zero-order valence-corrected chi connectivity index (χ0v) is 24.2. The quantitative estimate of drug-likeness (QED) is 0.338. The fourth-order valence-electron chi connectivity index (χ4n) is 7.14. The van der Waals surface area contributed by atoms with Gasteiger partial charge in [-0.15, -0.1) is 13.1 Å². The summed E-state index contributed by atoms with van der Waals surface area (Å²) in [5, 5.41) is 12.3. The van der Waals surface area contributed by atoms with Crippen LogP contribution in [0, 0.1) is 5.92 Å². The molecule has 0 spiro atoms. The fourth-order valence-corrected chi connectivity index (χ4v) is 7.14. The highest BCUT2D eigenvalue weighted by atomic mass is 15.2. The first-order chi connectivity index (χ1) is 19.2. The summed E-state index contributed by atoms with van der Waals surface area (Å²) in [7, 11) is 0. The van der Waals surface area contributed by atoms with Crippen molar-refractivity contribution in [2.24, 2.45) is 5.92 Å². The summed E-state index contributed by atoms with van der Waals surface area (Å²) in [5.74, 6) is 1.84. The smallest absolute Gasteiger partial charge is 0.223 e. The lowest BCUT2D eigenvalue weighted by atomic mass is 9.76. The Hall–Kier alpha value is -2.28. The molecule has 0 amide bonds. The molecule has 1 aromatic heterocycles. The number of benzene rings is 1. The lowest BCUT2D eigenvalue weighted by molar-refractivity contribution is 0.268. The van der Waals surface area contributed by atoms with Gasteiger partial charge in [0.1, 0.15) is 0 Å². The highest BCUT2D eigenvalue weighted by molar-refractivity contribution is 5.71. The number of anilines is 1. The number of allylic oxidation sites excluding steroid dienone is 1. The molecule has 5 rings (SSSR count). The molecule has 6 nitrogen and oxygen atoms in total. The molecule has 1 saturated carbocycles. The van der Waals surface area contributed by atoms with Crippen LogP contribution in [0.5, 0.6) is 0 Å². The molecule has 0 radical (unpaired) electrons. The van der Waals surface area contributed by atoms with Gasteiger partial charge in [0.25, 0.3) is 0 Å². The minimum absolute atomic E-state index is 0.275. The van der Waals surface area contributed by atoms with E-state index in [2.05, 4.69) is 76.1 Å². The molecule has 3 atom stereocenters. The van der Waals surface area contributed by atoms with Crippen LogP contribution in [0.4, 0.5) is 5.95 Å². The van der Waals surface area contributed by atoms with Crippen LogP contribution in [0.25, 0.3) is 10.9 Å². The first-order valence-electron chi connectivity index (χ1n) is 15.7. The maximum absolute atomic E-state index is 5.16. The van der Waals surface area contributed by atoms with Gasteiger partial charge >= 0.3 is 0 Å². The monoisotopic (exact) mass is 529 g/mol. The molecule has 1 saturated heterocycles. The predicted molar refractivity (Wildman–Crippen MR) is 163 cm³/mol. The topological polar surface area (TPSA) is 67.2 Å². The minimum atomic E-state index is 0.275. The Balaban J connectivity index is 1.39. The van der Waals surface area contributed by atoms with Crippen LogP contribution in [-0.4, -0.2) is 66.2 Å². The normalized spacial score (nSPS) is 25.4. The second-order valence-electron chi connectivity index (χ2n) is 11.9. The Morgan fingerprint density at radius 1 is 1.00 bits per heavy atom. The van der Waals surface area contributed by atoms with Crippen LogP contribution in [0.1, 0.15) is 88.8 Å². The molecule has 2 fully saturated rings. The van der Waals surface area contributed by atoms with Crippen molar-refractivity contribution in [2.75, 3.05) is 44.6 Å². The van der Waals surface area contributed by atoms with Crippen LogP contribution < -0.4 is 10.6 Å². The summed E-state index contributed by atoms with van der Waals surface area (Å²) in [6, 6.07) is 14.1. The second kappa shape index (κ2) is 14.4. The Labute approximate surface area is 236 Å². The van der Waals surface area contributed by atoms with Gasteiger partial charge in [0.2, 0.25) is 5.95 Å². The molecule has 1 aliphatic heterocycles. The first-order valence-corrected chi connectivity index (χ1v) is 15.7. The van der Waals surface area contributed by atoms with Gasteiger partial charge in [0.15, 0.2) is 0 Å². The second-order valence-corrected chi connectivity index (χ2v) is 11.9. The number of aromatic nitrogens is 2. The third-order valence-corrected chi connectivity index (χ3v) is 9.28. The SMILES string of the molecule is CCC1C(NCCCN2CC[N-]CC2)C(c2ccnc(NC3CCCCC3)n2)=C(C)CC[C@H]1c1ccccc1. The van der Waals surface area contributed by atoms with Gasteiger partial charge in [-0.3, -0.25) is 0 Å². The summed E-state index contributed by atoms with van der Waals surface area (Å²) in [4.78, 5) is 12.4. The number of nitrogens with zero attached hydrogens (tertiary/aromatic N) is 4. The molecule has 6 heteroatoms. The number of piperazine rings is 1. The van der Waals surface area contributed by atoms with Crippen molar-refractivity contribution < 1.29 is 0 Å². The van der Waals surface area contributed by atoms with Crippen molar-refractivity contribution in [1.29, 1.82) is 0 Å². The van der Waals surface area contributed by atoms with Crippen molar-refractivity contribution in [3.63, 3.8) is 0 Å². The van der Waals surface area contributed by atoms with Gasteiger partial charge in [0, 0.05) is 18.3 Å². The molecule has 3 aliphatic rings. The van der Waals surface area contributed by atoms with Crippen LogP contribution in [0.2, 0.25) is 0 Å². The van der Waals surface area contributed by atoms with E-state index in [4.69, 9.17) is 4.98 Å². The van der Waals surface area contributed by atoms with E-state index in [9.17, 15) is 0 Å². The molecule has 1 aromatic carbocycles. The highest BCUT2D eigenvalue weighted by Gasteiger charge is 2.36. The van der Waals surface area contributed by atoms with E-state index in [1.54, 1.807) is 0 Å². The molecular weight excluding hydrogens is 480 g/mol. The summed E-state index contributed by atoms with van der Waals surface area (Å²) in [6.45, 7) is 11.1. The minimum Gasteiger partial charge on any atom is -0.660 e. The molecular formula is C33H49N6-. The van der Waals surface area contributed by atoms with Gasteiger partial charge in [0.05, 0.1) is 5.69 Å². The van der Waals surface area contributed by atoms with E-state index in [0.29, 0.717) is 17.9 Å². The van der Waals surface area contributed by atoms with Crippen molar-refractivity contribution in [2.45, 2.75) is 89.6 Å². The van der Waals surface area contributed by atoms with Gasteiger partial charge in [-0.1, -0.05) is 68.5 Å². The van der Waals surface area contributed by atoms with E-state index in [1.807, 2.05) is 6.20 Å². The summed E-state index contributed by atoms with van der Waals surface area (Å²) < 4.78 is 0. The third kappa shape index (κ3) is 7.47. The van der Waals surface area contributed by atoms with E-state index in [1.165, 1.54) is 55.2 Å². The van der Waals surface area contributed by atoms with E-state index < -0.39 is 0 Å². The van der Waals surface area contributed by atoms with Crippen molar-refractivity contribution >= 4 is 11.5 Å². The van der Waals surface area contributed by atoms with Crippen LogP contribution in [0.15, 0.2) is 48.2 Å². The van der Waals surface area contributed by atoms with Crippen LogP contribution in [0.3, 0.4) is 0 Å². The molecule has 2 aliphatic carbocycles. The maximum Gasteiger partial charge on any atom is 0.223 e. The first kappa shape index (κ1) is 28.3. The molecule has 2 aromatic rings. The van der Waals surface area contributed by atoms with Crippen LogP contribution in [-0.2, 0) is 0 Å². The van der Waals surface area contributed by atoms with E-state index in [-0.39, 0.29) is 6.04 Å². The molecule has 2 unspecified atom stereocenters. The Morgan fingerprint density at radius 3 is 2.56 bits per heavy atom. The standard InChI is InChI=1S/C33H49N6/c1-3-28-29(26-11-6-4-7-12-26)16-15-25(2)31(32(28)35-18-10-22-39-23-20-34-21-24-39)30-17-19-36-33(38-30)37-27-13-8-5-9-14-27/h4,6-7,11-12,17,19,27-29,32,35H,3,5,8-10,13-16,18,20-24H2,1-2H3,(H,36,37,38)/q-1/t28?,29-,32?/m0/s1. The van der Waals surface area contributed by atoms with Crippen LogP contribution >= 0.6 is 0 Å². The zero-order chi connectivity index (χ0) is 26.9. The average molecular weight is 530 g/mol. The summed E-state index contributed by atoms with van der Waals surface area (Å²) in [5.41, 5.74) is 5.46. The Kier molecular flexibility index (Phi) is 10.4. The van der Waals surface area contributed by atoms with Crippen molar-refractivity contribution in [3.05, 3.63) is 64.7 Å². The van der Waals surface area contributed by atoms with E-state index >= 15 is 0 Å². The van der Waals surface area contributed by atoms with Crippen molar-refractivity contribution in [1.82, 2.24) is 20.2 Å². The summed E-state index contributed by atoms with van der Waals surface area (Å²) in [6.07, 6.45) is 13.0. The lowest BCUT2D eigenvalue weighted by Gasteiger charge is -2.36. The van der Waals surface area contributed by atoms with Gasteiger partial charge < -0.3 is 20.9 Å². The van der Waals surface area contributed by atoms with Crippen molar-refractivity contribution in [3.8, 4) is 0 Å². The van der Waals surface area contributed by atoms with Gasteiger partial charge in [-0.25, -0.2) is 9.97 Å². The zero-order valence-electron chi connectivity index (χ0n) is 24.2. The average Bonchev–Trinajstić information content (AvgIpc) is 3.12. The molecule has 2 heterocycles. The van der Waals surface area contributed by atoms with Gasteiger partial charge in [-0.05, 0) is 94.2 Å². The largest absolute Gasteiger partial charge is 0.660 e. The predicted octanol–water partition coefficient (Wildman–Crippen LogP) is 6.64. The third-order valence-electron chi connectivity index (χ3n) is 9.28. The number of hydrogen-bond donors (Lipinski definition) is 2. The molecule has 0 bridgehead atoms. The molecule has 2 N–H and O–H groups in total. The fraction of sp³-hybridized carbons (Fsp3) is 0.636. The van der Waals surface area contributed by atoms with E-state index in [0.717, 1.165) is 70.2 Å². The Bertz CT molecular complexity index is 1040. The Morgan fingerprint density at radius 2 is 1.79 bits per heavy atom.